The SMILES string of the molecule is CC(C)C(=O)Nc1ccccc1-c1nnc(S[C@@H](C)C(=O)Nc2cccc(F)c2)[nH]c1=O. The molecular formula is C22H22FN5O3S. The van der Waals surface area contributed by atoms with Crippen molar-refractivity contribution in [1.29, 1.82) is 0 Å². The summed E-state index contributed by atoms with van der Waals surface area (Å²) in [7, 11) is 0. The second-order valence-corrected chi connectivity index (χ2v) is 8.59. The molecule has 1 atom stereocenters. The fraction of sp³-hybridized carbons (Fsp3) is 0.227. The third-order valence-corrected chi connectivity index (χ3v) is 5.37. The first-order valence-corrected chi connectivity index (χ1v) is 10.7. The Kier molecular flexibility index (Phi) is 7.37. The first-order valence-electron chi connectivity index (χ1n) is 9.85. The van der Waals surface area contributed by atoms with E-state index in [0.29, 0.717) is 16.9 Å². The summed E-state index contributed by atoms with van der Waals surface area (Å²) in [6.07, 6.45) is 0. The molecule has 0 radical (unpaired) electrons. The Bertz CT molecular complexity index is 1200. The van der Waals surface area contributed by atoms with Crippen molar-refractivity contribution in [3.63, 3.8) is 0 Å². The Hall–Kier alpha value is -3.53. The van der Waals surface area contributed by atoms with Gasteiger partial charge in [-0.3, -0.25) is 19.4 Å². The van der Waals surface area contributed by atoms with Gasteiger partial charge in [0.05, 0.1) is 10.9 Å². The number of hydrogen-bond donors (Lipinski definition) is 3. The molecule has 3 rings (SSSR count). The number of para-hydroxylation sites is 1. The predicted octanol–water partition coefficient (Wildman–Crippen LogP) is 3.68. The molecule has 0 spiro atoms. The van der Waals surface area contributed by atoms with E-state index in [1.165, 1.54) is 18.2 Å². The van der Waals surface area contributed by atoms with Crippen molar-refractivity contribution in [2.45, 2.75) is 31.2 Å². The number of aromatic amines is 1. The second kappa shape index (κ2) is 10.2. The molecule has 8 nitrogen and oxygen atoms in total. The lowest BCUT2D eigenvalue weighted by molar-refractivity contribution is -0.119. The molecule has 3 aromatic rings. The molecule has 32 heavy (non-hydrogen) atoms. The third-order valence-electron chi connectivity index (χ3n) is 4.39. The summed E-state index contributed by atoms with van der Waals surface area (Å²) in [5.41, 5.74) is 0.757. The standard InChI is InChI=1S/C22H22FN5O3S/c1-12(2)19(29)25-17-10-5-4-9-16(17)18-21(31)26-22(28-27-18)32-13(3)20(30)24-15-8-6-7-14(23)11-15/h4-13H,1-3H3,(H,24,30)(H,25,29)(H,26,28,31)/t13-/m0/s1. The van der Waals surface area contributed by atoms with Crippen molar-refractivity contribution in [3.05, 3.63) is 64.7 Å². The first-order chi connectivity index (χ1) is 15.2. The number of carbonyl (C=O) groups excluding carboxylic acids is 2. The van der Waals surface area contributed by atoms with Crippen LogP contribution in [0.25, 0.3) is 11.3 Å². The topological polar surface area (TPSA) is 117 Å². The van der Waals surface area contributed by atoms with Crippen molar-refractivity contribution in [2.75, 3.05) is 10.6 Å². The summed E-state index contributed by atoms with van der Waals surface area (Å²) >= 11 is 1.01. The molecular weight excluding hydrogens is 433 g/mol. The van der Waals surface area contributed by atoms with Crippen LogP contribution in [0.15, 0.2) is 58.5 Å². The van der Waals surface area contributed by atoms with Gasteiger partial charge in [0.15, 0.2) is 10.9 Å². The zero-order valence-electron chi connectivity index (χ0n) is 17.7. The molecule has 0 bridgehead atoms. The van der Waals surface area contributed by atoms with Crippen molar-refractivity contribution >= 4 is 35.0 Å². The van der Waals surface area contributed by atoms with Crippen molar-refractivity contribution < 1.29 is 14.0 Å². The van der Waals surface area contributed by atoms with Crippen molar-refractivity contribution in [3.8, 4) is 11.3 Å². The normalized spacial score (nSPS) is 11.8. The summed E-state index contributed by atoms with van der Waals surface area (Å²) in [4.78, 5) is 39.7. The number of rotatable bonds is 7. The van der Waals surface area contributed by atoms with Gasteiger partial charge in [0.2, 0.25) is 11.8 Å². The molecule has 2 amide bonds. The number of nitrogens with one attached hydrogen (secondary N) is 3. The smallest absolute Gasteiger partial charge is 0.278 e. The number of amides is 2. The highest BCUT2D eigenvalue weighted by atomic mass is 32.2. The van der Waals surface area contributed by atoms with Gasteiger partial charge >= 0.3 is 0 Å². The minimum absolute atomic E-state index is 0.0471. The van der Waals surface area contributed by atoms with E-state index in [2.05, 4.69) is 25.8 Å². The highest BCUT2D eigenvalue weighted by molar-refractivity contribution is 8.00. The number of hydrogen-bond acceptors (Lipinski definition) is 6. The zero-order chi connectivity index (χ0) is 23.3. The maximum atomic E-state index is 13.3. The van der Waals surface area contributed by atoms with Gasteiger partial charge in [0.25, 0.3) is 5.56 Å². The number of thioether (sulfide) groups is 1. The molecule has 2 aromatic carbocycles. The summed E-state index contributed by atoms with van der Waals surface area (Å²) in [6.45, 7) is 5.16. The number of benzene rings is 2. The number of halogens is 1. The van der Waals surface area contributed by atoms with E-state index in [0.717, 1.165) is 11.8 Å². The Morgan fingerprint density at radius 3 is 2.44 bits per heavy atom. The summed E-state index contributed by atoms with van der Waals surface area (Å²) in [5, 5.41) is 13.0. The van der Waals surface area contributed by atoms with Gasteiger partial charge in [-0.1, -0.05) is 49.9 Å². The molecule has 0 aliphatic heterocycles. The molecule has 0 aliphatic rings. The van der Waals surface area contributed by atoms with Crippen LogP contribution in [0.5, 0.6) is 0 Å². The van der Waals surface area contributed by atoms with E-state index >= 15 is 0 Å². The summed E-state index contributed by atoms with van der Waals surface area (Å²) < 4.78 is 13.3. The molecule has 3 N–H and O–H groups in total. The lowest BCUT2D eigenvalue weighted by Gasteiger charge is -2.13. The lowest BCUT2D eigenvalue weighted by atomic mass is 10.1. The predicted molar refractivity (Wildman–Crippen MR) is 122 cm³/mol. The number of anilines is 2. The molecule has 0 fully saturated rings. The van der Waals surface area contributed by atoms with E-state index in [1.807, 2.05) is 0 Å². The van der Waals surface area contributed by atoms with Crippen LogP contribution in [-0.4, -0.2) is 32.2 Å². The van der Waals surface area contributed by atoms with Gasteiger partial charge in [0, 0.05) is 17.2 Å². The first kappa shape index (κ1) is 23.1. The quantitative estimate of drug-likeness (QED) is 0.468. The molecule has 0 aliphatic carbocycles. The van der Waals surface area contributed by atoms with E-state index in [9.17, 15) is 18.8 Å². The fourth-order valence-electron chi connectivity index (χ4n) is 2.66. The summed E-state index contributed by atoms with van der Waals surface area (Å²) in [5.74, 6) is -1.26. The molecule has 166 valence electrons. The molecule has 1 heterocycles. The Morgan fingerprint density at radius 2 is 1.75 bits per heavy atom. The fourth-order valence-corrected chi connectivity index (χ4v) is 3.40. The molecule has 0 saturated carbocycles. The average molecular weight is 456 g/mol. The maximum absolute atomic E-state index is 13.3. The summed E-state index contributed by atoms with van der Waals surface area (Å²) in [6, 6.07) is 12.4. The number of nitrogens with zero attached hydrogens (tertiary/aromatic N) is 2. The van der Waals surface area contributed by atoms with Crippen LogP contribution in [0.2, 0.25) is 0 Å². The number of carbonyl (C=O) groups is 2. The van der Waals surface area contributed by atoms with E-state index in [1.54, 1.807) is 51.1 Å². The lowest BCUT2D eigenvalue weighted by Crippen LogP contribution is -2.24. The Morgan fingerprint density at radius 1 is 1.00 bits per heavy atom. The van der Waals surface area contributed by atoms with Crippen LogP contribution in [0, 0.1) is 11.7 Å². The van der Waals surface area contributed by atoms with Crippen LogP contribution >= 0.6 is 11.8 Å². The molecule has 1 aromatic heterocycles. The molecule has 10 heteroatoms. The Labute approximate surface area is 188 Å². The molecule has 0 saturated heterocycles. The van der Waals surface area contributed by atoms with E-state index in [-0.39, 0.29) is 28.6 Å². The minimum Gasteiger partial charge on any atom is -0.325 e. The number of H-pyrrole nitrogens is 1. The van der Waals surface area contributed by atoms with Gasteiger partial charge in [-0.25, -0.2) is 4.39 Å². The average Bonchev–Trinajstić information content (AvgIpc) is 2.74. The highest BCUT2D eigenvalue weighted by Crippen LogP contribution is 2.25. The van der Waals surface area contributed by atoms with Crippen LogP contribution < -0.4 is 16.2 Å². The minimum atomic E-state index is -0.633. The van der Waals surface area contributed by atoms with Gasteiger partial charge in [-0.15, -0.1) is 10.2 Å². The van der Waals surface area contributed by atoms with Crippen LogP contribution in [0.3, 0.4) is 0 Å². The van der Waals surface area contributed by atoms with Gasteiger partial charge in [0.1, 0.15) is 5.82 Å². The zero-order valence-corrected chi connectivity index (χ0v) is 18.5. The van der Waals surface area contributed by atoms with Crippen molar-refractivity contribution in [1.82, 2.24) is 15.2 Å². The Balaban J connectivity index is 1.75. The number of aromatic nitrogens is 3. The monoisotopic (exact) mass is 455 g/mol. The van der Waals surface area contributed by atoms with Crippen molar-refractivity contribution in [2.24, 2.45) is 5.92 Å². The molecule has 0 unspecified atom stereocenters. The van der Waals surface area contributed by atoms with Gasteiger partial charge in [-0.2, -0.15) is 0 Å². The third kappa shape index (κ3) is 5.79. The second-order valence-electron chi connectivity index (χ2n) is 7.26. The van der Waals surface area contributed by atoms with E-state index in [4.69, 9.17) is 0 Å². The van der Waals surface area contributed by atoms with Crippen LogP contribution in [0.4, 0.5) is 15.8 Å². The largest absolute Gasteiger partial charge is 0.325 e. The van der Waals surface area contributed by atoms with E-state index < -0.39 is 16.6 Å². The van der Waals surface area contributed by atoms with Gasteiger partial charge in [-0.05, 0) is 31.2 Å². The van der Waals surface area contributed by atoms with Crippen LogP contribution in [0.1, 0.15) is 20.8 Å². The highest BCUT2D eigenvalue weighted by Gasteiger charge is 2.19. The van der Waals surface area contributed by atoms with Crippen LogP contribution in [-0.2, 0) is 9.59 Å². The van der Waals surface area contributed by atoms with Gasteiger partial charge < -0.3 is 10.6 Å². The maximum Gasteiger partial charge on any atom is 0.278 e.